The topological polar surface area (TPSA) is 96.9 Å². The summed E-state index contributed by atoms with van der Waals surface area (Å²) in [5, 5.41) is 3.52. The molecule has 3 aliphatic heterocycles. The minimum Gasteiger partial charge on any atom is -0.461 e. The van der Waals surface area contributed by atoms with Crippen molar-refractivity contribution in [2.45, 2.75) is 70.2 Å². The van der Waals surface area contributed by atoms with Crippen LogP contribution >= 0.6 is 27.5 Å². The number of rotatable bonds is 4. The van der Waals surface area contributed by atoms with Crippen LogP contribution in [0, 0.1) is 5.82 Å². The average Bonchev–Trinajstić information content (AvgIpc) is 3.34. The lowest BCUT2D eigenvalue weighted by Gasteiger charge is -2.42. The van der Waals surface area contributed by atoms with Crippen LogP contribution in [0.1, 0.15) is 46.5 Å². The van der Waals surface area contributed by atoms with E-state index in [1.165, 1.54) is 0 Å². The van der Waals surface area contributed by atoms with Crippen molar-refractivity contribution in [2.75, 3.05) is 24.6 Å². The standard InChI is InChI=1S/C24H28BrClFN5O4/c1-24(2,3)36-23(34)32-13-5-6-14(32)10-31(9-13)21-15-8-16(26)18(25)19(27)20(15)29-22(30-21)35-11-12-4-7-17(33)28-12/h8,12-14H,4-7,9-11H2,1-3H3,(H,28,33)/t12-,13?,14?/m0/s1. The molecule has 3 saturated heterocycles. The van der Waals surface area contributed by atoms with E-state index in [0.29, 0.717) is 37.1 Å². The van der Waals surface area contributed by atoms with Gasteiger partial charge in [-0.25, -0.2) is 9.18 Å². The molecule has 194 valence electrons. The maximum Gasteiger partial charge on any atom is 0.410 e. The minimum absolute atomic E-state index is 0.0216. The number of hydrogen-bond acceptors (Lipinski definition) is 7. The summed E-state index contributed by atoms with van der Waals surface area (Å²) in [6.07, 6.45) is 2.47. The number of hydrogen-bond donors (Lipinski definition) is 1. The molecular weight excluding hydrogens is 557 g/mol. The number of halogens is 3. The van der Waals surface area contributed by atoms with Crippen LogP contribution in [-0.4, -0.2) is 70.3 Å². The Balaban J connectivity index is 1.46. The van der Waals surface area contributed by atoms with Gasteiger partial charge in [0.2, 0.25) is 5.91 Å². The molecule has 3 fully saturated rings. The third-order valence-electron chi connectivity index (χ3n) is 6.67. The van der Waals surface area contributed by atoms with Crippen molar-refractivity contribution in [1.82, 2.24) is 20.2 Å². The predicted octanol–water partition coefficient (Wildman–Crippen LogP) is 4.43. The molecule has 4 heterocycles. The van der Waals surface area contributed by atoms with Crippen molar-refractivity contribution in [3.8, 4) is 6.01 Å². The Kier molecular flexibility index (Phi) is 6.65. The van der Waals surface area contributed by atoms with E-state index in [1.807, 2.05) is 30.6 Å². The van der Waals surface area contributed by atoms with Crippen molar-refractivity contribution in [2.24, 2.45) is 0 Å². The number of anilines is 1. The van der Waals surface area contributed by atoms with Crippen molar-refractivity contribution < 1.29 is 23.5 Å². The van der Waals surface area contributed by atoms with Gasteiger partial charge in [-0.05, 0) is 62.0 Å². The number of fused-ring (bicyclic) bond motifs is 3. The van der Waals surface area contributed by atoms with Crippen LogP contribution in [0.3, 0.4) is 0 Å². The number of carbonyl (C=O) groups excluding carboxylic acids is 2. The number of ether oxygens (including phenoxy) is 2. The molecule has 0 saturated carbocycles. The van der Waals surface area contributed by atoms with Crippen molar-refractivity contribution in [3.63, 3.8) is 0 Å². The third-order valence-corrected chi connectivity index (χ3v) is 7.97. The van der Waals surface area contributed by atoms with Crippen LogP contribution in [0.25, 0.3) is 10.9 Å². The highest BCUT2D eigenvalue weighted by Crippen LogP contribution is 2.39. The van der Waals surface area contributed by atoms with E-state index in [4.69, 9.17) is 21.1 Å². The summed E-state index contributed by atoms with van der Waals surface area (Å²) in [4.78, 5) is 37.3. The molecule has 2 amide bonds. The number of amides is 2. The number of aromatic nitrogens is 2. The molecular formula is C24H28BrClFN5O4. The smallest absolute Gasteiger partial charge is 0.410 e. The molecule has 0 aliphatic carbocycles. The van der Waals surface area contributed by atoms with Gasteiger partial charge in [-0.1, -0.05) is 11.6 Å². The summed E-state index contributed by atoms with van der Waals surface area (Å²) in [5.74, 6) is -0.123. The van der Waals surface area contributed by atoms with Gasteiger partial charge in [0.15, 0.2) is 5.82 Å². The molecule has 5 rings (SSSR count). The van der Waals surface area contributed by atoms with Crippen LogP contribution in [0.5, 0.6) is 6.01 Å². The van der Waals surface area contributed by atoms with Crippen LogP contribution in [-0.2, 0) is 9.53 Å². The molecule has 3 aliphatic rings. The average molecular weight is 585 g/mol. The summed E-state index contributed by atoms with van der Waals surface area (Å²) in [6.45, 7) is 6.76. The molecule has 36 heavy (non-hydrogen) atoms. The van der Waals surface area contributed by atoms with E-state index in [1.54, 1.807) is 6.07 Å². The minimum atomic E-state index is -0.601. The first-order valence-electron chi connectivity index (χ1n) is 12.0. The zero-order valence-electron chi connectivity index (χ0n) is 20.3. The van der Waals surface area contributed by atoms with Crippen molar-refractivity contribution in [1.29, 1.82) is 0 Å². The number of piperazine rings is 1. The van der Waals surface area contributed by atoms with Gasteiger partial charge in [0.25, 0.3) is 0 Å². The maximum absolute atomic E-state index is 15.2. The summed E-state index contributed by atoms with van der Waals surface area (Å²) < 4.78 is 26.8. The Morgan fingerprint density at radius 1 is 1.25 bits per heavy atom. The SMILES string of the molecule is CC(C)(C)OC(=O)N1C2CCC1CN(c1nc(OC[C@@H]3CCC(=O)N3)nc3c(F)c(Br)c(Cl)cc13)C2. The molecule has 9 nitrogen and oxygen atoms in total. The maximum atomic E-state index is 15.2. The Bertz CT molecular complexity index is 1210. The van der Waals surface area contributed by atoms with Crippen molar-refractivity contribution >= 4 is 56.3 Å². The first-order valence-corrected chi connectivity index (χ1v) is 13.2. The Morgan fingerprint density at radius 3 is 2.56 bits per heavy atom. The van der Waals surface area contributed by atoms with Crippen LogP contribution in [0.2, 0.25) is 5.02 Å². The highest BCUT2D eigenvalue weighted by Gasteiger charge is 2.45. The van der Waals surface area contributed by atoms with Crippen LogP contribution in [0.4, 0.5) is 15.0 Å². The van der Waals surface area contributed by atoms with Gasteiger partial charge in [0, 0.05) is 24.9 Å². The second-order valence-electron chi connectivity index (χ2n) is 10.5. The number of nitrogens with zero attached hydrogens (tertiary/aromatic N) is 4. The van der Waals surface area contributed by atoms with Crippen LogP contribution in [0.15, 0.2) is 10.5 Å². The molecule has 0 spiro atoms. The molecule has 1 aromatic heterocycles. The highest BCUT2D eigenvalue weighted by atomic mass is 79.9. The number of nitrogens with one attached hydrogen (secondary N) is 1. The van der Waals surface area contributed by atoms with Crippen molar-refractivity contribution in [3.05, 3.63) is 21.4 Å². The van der Waals surface area contributed by atoms with Gasteiger partial charge in [0.05, 0.1) is 27.6 Å². The molecule has 2 unspecified atom stereocenters. The van der Waals surface area contributed by atoms with Gasteiger partial charge < -0.3 is 19.7 Å². The lowest BCUT2D eigenvalue weighted by molar-refractivity contribution is -0.119. The van der Waals surface area contributed by atoms with Gasteiger partial charge in [0.1, 0.15) is 23.5 Å². The number of carbonyl (C=O) groups is 2. The fraction of sp³-hybridized carbons (Fsp3) is 0.583. The van der Waals surface area contributed by atoms with Gasteiger partial charge in [-0.3, -0.25) is 9.69 Å². The summed E-state index contributed by atoms with van der Waals surface area (Å²) in [7, 11) is 0. The quantitative estimate of drug-likeness (QED) is 0.531. The van der Waals surface area contributed by atoms with E-state index >= 15 is 4.39 Å². The second-order valence-corrected chi connectivity index (χ2v) is 11.7. The molecule has 2 bridgehead atoms. The lowest BCUT2D eigenvalue weighted by atomic mass is 10.1. The van der Waals surface area contributed by atoms with E-state index < -0.39 is 11.4 Å². The normalized spacial score (nSPS) is 23.8. The summed E-state index contributed by atoms with van der Waals surface area (Å²) in [6, 6.07) is 1.40. The Labute approximate surface area is 221 Å². The molecule has 1 aromatic carbocycles. The van der Waals surface area contributed by atoms with Gasteiger partial charge >= 0.3 is 12.1 Å². The fourth-order valence-electron chi connectivity index (χ4n) is 5.11. The Hall–Kier alpha value is -2.40. The third kappa shape index (κ3) is 4.91. The predicted molar refractivity (Wildman–Crippen MR) is 136 cm³/mol. The Morgan fingerprint density at radius 2 is 1.94 bits per heavy atom. The molecule has 2 aromatic rings. The first-order chi connectivity index (χ1) is 17.0. The molecule has 3 atom stereocenters. The zero-order chi connectivity index (χ0) is 25.8. The number of benzene rings is 1. The first kappa shape index (κ1) is 25.3. The largest absolute Gasteiger partial charge is 0.461 e. The lowest BCUT2D eigenvalue weighted by Crippen LogP contribution is -2.57. The van der Waals surface area contributed by atoms with E-state index in [0.717, 1.165) is 12.8 Å². The molecule has 1 N–H and O–H groups in total. The van der Waals surface area contributed by atoms with Gasteiger partial charge in [-0.15, -0.1) is 0 Å². The molecule has 0 radical (unpaired) electrons. The van der Waals surface area contributed by atoms with E-state index in [-0.39, 0.29) is 57.8 Å². The second kappa shape index (κ2) is 9.48. The monoisotopic (exact) mass is 583 g/mol. The van der Waals surface area contributed by atoms with E-state index in [2.05, 4.69) is 31.2 Å². The van der Waals surface area contributed by atoms with E-state index in [9.17, 15) is 9.59 Å². The summed E-state index contributed by atoms with van der Waals surface area (Å²) in [5.41, 5.74) is -0.493. The van der Waals surface area contributed by atoms with Gasteiger partial charge in [-0.2, -0.15) is 9.97 Å². The highest BCUT2D eigenvalue weighted by molar-refractivity contribution is 9.10. The molecule has 12 heteroatoms. The fourth-order valence-corrected chi connectivity index (χ4v) is 5.60. The summed E-state index contributed by atoms with van der Waals surface area (Å²) >= 11 is 9.49. The zero-order valence-corrected chi connectivity index (χ0v) is 22.7. The van der Waals surface area contributed by atoms with Crippen LogP contribution < -0.4 is 15.0 Å².